The molecule has 2 aromatic heterocycles. The number of hydrogen-bond donors (Lipinski definition) is 2. The van der Waals surface area contributed by atoms with Crippen LogP contribution in [-0.2, 0) is 4.74 Å². The number of hydrogen-bond acceptors (Lipinski definition) is 4. The van der Waals surface area contributed by atoms with Crippen molar-refractivity contribution >= 4 is 11.2 Å². The maximum absolute atomic E-state index is 5.60. The number of aromatic amines is 1. The molecule has 2 aromatic rings. The van der Waals surface area contributed by atoms with E-state index >= 15 is 0 Å². The third-order valence-electron chi connectivity index (χ3n) is 3.71. The third kappa shape index (κ3) is 2.35. The third-order valence-corrected chi connectivity index (χ3v) is 3.71. The van der Waals surface area contributed by atoms with Crippen LogP contribution in [0.15, 0.2) is 12.3 Å². The van der Waals surface area contributed by atoms with Gasteiger partial charge in [-0.15, -0.1) is 0 Å². The van der Waals surface area contributed by atoms with Crippen molar-refractivity contribution < 1.29 is 4.74 Å². The summed E-state index contributed by atoms with van der Waals surface area (Å²) in [6, 6.07) is 2.35. The molecule has 0 bridgehead atoms. The zero-order valence-corrected chi connectivity index (χ0v) is 11.4. The predicted octanol–water partition coefficient (Wildman–Crippen LogP) is 1.75. The lowest BCUT2D eigenvalue weighted by Gasteiger charge is -2.16. The van der Waals surface area contributed by atoms with Crippen LogP contribution in [-0.4, -0.2) is 40.8 Å². The fourth-order valence-corrected chi connectivity index (χ4v) is 2.58. The molecule has 3 rings (SSSR count). The van der Waals surface area contributed by atoms with Gasteiger partial charge in [-0.2, -0.15) is 0 Å². The molecule has 0 saturated carbocycles. The normalized spacial score (nSPS) is 23.3. The summed E-state index contributed by atoms with van der Waals surface area (Å²) in [5, 5.41) is 3.53. The van der Waals surface area contributed by atoms with E-state index in [1.54, 1.807) is 6.20 Å². The van der Waals surface area contributed by atoms with Crippen LogP contribution in [0.1, 0.15) is 30.7 Å². The first-order chi connectivity index (χ1) is 9.29. The van der Waals surface area contributed by atoms with Gasteiger partial charge in [0, 0.05) is 12.2 Å². The van der Waals surface area contributed by atoms with Gasteiger partial charge in [0.15, 0.2) is 5.65 Å². The zero-order chi connectivity index (χ0) is 13.2. The first-order valence-electron chi connectivity index (χ1n) is 6.92. The van der Waals surface area contributed by atoms with Gasteiger partial charge in [0.2, 0.25) is 0 Å². The summed E-state index contributed by atoms with van der Waals surface area (Å²) in [6.45, 7) is 6.74. The van der Waals surface area contributed by atoms with Crippen LogP contribution in [0, 0.1) is 6.92 Å². The molecule has 2 N–H and O–H groups in total. The Kier molecular flexibility index (Phi) is 3.48. The van der Waals surface area contributed by atoms with E-state index in [0.717, 1.165) is 43.2 Å². The van der Waals surface area contributed by atoms with Gasteiger partial charge in [-0.1, -0.05) is 6.92 Å². The van der Waals surface area contributed by atoms with E-state index in [1.807, 2.05) is 6.07 Å². The molecule has 0 spiro atoms. The van der Waals surface area contributed by atoms with Gasteiger partial charge in [-0.05, 0) is 31.5 Å². The molecule has 1 aliphatic heterocycles. The number of aromatic nitrogens is 3. The summed E-state index contributed by atoms with van der Waals surface area (Å²) in [5.74, 6) is 1.28. The van der Waals surface area contributed by atoms with Gasteiger partial charge < -0.3 is 15.0 Å². The van der Waals surface area contributed by atoms with E-state index in [0.29, 0.717) is 12.0 Å². The lowest BCUT2D eigenvalue weighted by atomic mass is 10.0. The number of imidazole rings is 1. The van der Waals surface area contributed by atoms with Gasteiger partial charge in [0.05, 0.1) is 24.6 Å². The molecule has 0 aliphatic carbocycles. The molecule has 0 amide bonds. The summed E-state index contributed by atoms with van der Waals surface area (Å²) >= 11 is 0. The fraction of sp³-hybridized carbons (Fsp3) is 0.571. The van der Waals surface area contributed by atoms with Gasteiger partial charge >= 0.3 is 0 Å². The van der Waals surface area contributed by atoms with Crippen molar-refractivity contribution in [3.63, 3.8) is 0 Å². The van der Waals surface area contributed by atoms with Crippen molar-refractivity contribution in [3.8, 4) is 0 Å². The Hall–Kier alpha value is -1.46. The van der Waals surface area contributed by atoms with E-state index in [-0.39, 0.29) is 0 Å². The lowest BCUT2D eigenvalue weighted by molar-refractivity contribution is 0.187. The number of ether oxygens (including phenoxy) is 1. The van der Waals surface area contributed by atoms with Gasteiger partial charge in [-0.25, -0.2) is 9.97 Å². The molecule has 1 saturated heterocycles. The lowest BCUT2D eigenvalue weighted by Crippen LogP contribution is -2.35. The van der Waals surface area contributed by atoms with Gasteiger partial charge in [0.25, 0.3) is 0 Å². The Morgan fingerprint density at radius 1 is 1.47 bits per heavy atom. The van der Waals surface area contributed by atoms with Crippen LogP contribution in [0.3, 0.4) is 0 Å². The Morgan fingerprint density at radius 3 is 3.16 bits per heavy atom. The molecule has 2 unspecified atom stereocenters. The summed E-state index contributed by atoms with van der Waals surface area (Å²) in [6.07, 6.45) is 2.93. The van der Waals surface area contributed by atoms with Crippen LogP contribution in [0.5, 0.6) is 0 Å². The molecule has 0 aromatic carbocycles. The highest BCUT2D eigenvalue weighted by Gasteiger charge is 2.31. The minimum absolute atomic E-state index is 0.292. The quantitative estimate of drug-likeness (QED) is 0.879. The maximum Gasteiger partial charge on any atom is 0.177 e. The molecule has 3 heterocycles. The Balaban J connectivity index is 1.88. The molecule has 102 valence electrons. The van der Waals surface area contributed by atoms with E-state index in [4.69, 9.17) is 4.74 Å². The summed E-state index contributed by atoms with van der Waals surface area (Å²) in [7, 11) is 0. The molecular weight excluding hydrogens is 240 g/mol. The number of pyridine rings is 1. The second-order valence-electron chi connectivity index (χ2n) is 5.15. The highest BCUT2D eigenvalue weighted by Crippen LogP contribution is 2.26. The van der Waals surface area contributed by atoms with E-state index < -0.39 is 0 Å². The van der Waals surface area contributed by atoms with Crippen LogP contribution < -0.4 is 5.32 Å². The minimum Gasteiger partial charge on any atom is -0.379 e. The zero-order valence-electron chi connectivity index (χ0n) is 11.4. The molecule has 5 nitrogen and oxygen atoms in total. The number of fused-ring (bicyclic) bond motifs is 1. The molecule has 0 radical (unpaired) electrons. The molecule has 1 fully saturated rings. The molecule has 2 atom stereocenters. The smallest absolute Gasteiger partial charge is 0.177 e. The monoisotopic (exact) mass is 260 g/mol. The molecule has 1 aliphatic rings. The SMILES string of the molecule is CCCNC1COCC1c1nc2nccc(C)c2[nH]1. The fourth-order valence-electron chi connectivity index (χ4n) is 2.58. The molecular formula is C14H20N4O. The molecule has 19 heavy (non-hydrogen) atoms. The topological polar surface area (TPSA) is 62.8 Å². The average Bonchev–Trinajstić information content (AvgIpc) is 3.02. The van der Waals surface area contributed by atoms with Crippen molar-refractivity contribution in [1.29, 1.82) is 0 Å². The summed E-state index contributed by atoms with van der Waals surface area (Å²) in [4.78, 5) is 12.4. The van der Waals surface area contributed by atoms with Crippen molar-refractivity contribution in [2.24, 2.45) is 0 Å². The van der Waals surface area contributed by atoms with Crippen molar-refractivity contribution in [1.82, 2.24) is 20.3 Å². The van der Waals surface area contributed by atoms with Crippen molar-refractivity contribution in [2.75, 3.05) is 19.8 Å². The highest BCUT2D eigenvalue weighted by molar-refractivity contribution is 5.74. The van der Waals surface area contributed by atoms with Crippen LogP contribution >= 0.6 is 0 Å². The van der Waals surface area contributed by atoms with Crippen LogP contribution in [0.2, 0.25) is 0 Å². The Morgan fingerprint density at radius 2 is 2.37 bits per heavy atom. The predicted molar refractivity (Wildman–Crippen MR) is 74.3 cm³/mol. The van der Waals surface area contributed by atoms with Crippen molar-refractivity contribution in [2.45, 2.75) is 32.2 Å². The first-order valence-corrected chi connectivity index (χ1v) is 6.92. The van der Waals surface area contributed by atoms with E-state index in [9.17, 15) is 0 Å². The summed E-state index contributed by atoms with van der Waals surface area (Å²) < 4.78 is 5.60. The second kappa shape index (κ2) is 5.27. The van der Waals surface area contributed by atoms with E-state index in [1.165, 1.54) is 5.56 Å². The standard InChI is InChI=1S/C14H20N4O/c1-3-5-15-11-8-19-7-10(11)13-17-12-9(2)4-6-16-14(12)18-13/h4,6,10-11,15H,3,5,7-8H2,1-2H3,(H,16,17,18). The second-order valence-corrected chi connectivity index (χ2v) is 5.15. The number of rotatable bonds is 4. The van der Waals surface area contributed by atoms with Gasteiger partial charge in [-0.3, -0.25) is 0 Å². The number of nitrogens with zero attached hydrogens (tertiary/aromatic N) is 2. The highest BCUT2D eigenvalue weighted by atomic mass is 16.5. The van der Waals surface area contributed by atoms with Gasteiger partial charge in [0.1, 0.15) is 5.82 Å². The van der Waals surface area contributed by atoms with Crippen LogP contribution in [0.4, 0.5) is 0 Å². The minimum atomic E-state index is 0.292. The van der Waals surface area contributed by atoms with E-state index in [2.05, 4.69) is 34.1 Å². The Labute approximate surface area is 112 Å². The first kappa shape index (κ1) is 12.6. The maximum atomic E-state index is 5.60. The van der Waals surface area contributed by atoms with Crippen molar-refractivity contribution in [3.05, 3.63) is 23.7 Å². The van der Waals surface area contributed by atoms with Crippen LogP contribution in [0.25, 0.3) is 11.2 Å². The average molecular weight is 260 g/mol. The molecule has 5 heteroatoms. The number of nitrogens with one attached hydrogen (secondary N) is 2. The Bertz CT molecular complexity index is 566. The largest absolute Gasteiger partial charge is 0.379 e. The summed E-state index contributed by atoms with van der Waals surface area (Å²) in [5.41, 5.74) is 3.02. The number of aryl methyl sites for hydroxylation is 1. The number of H-pyrrole nitrogens is 1.